The molecule has 0 bridgehead atoms. The summed E-state index contributed by atoms with van der Waals surface area (Å²) in [5.41, 5.74) is 1.32. The van der Waals surface area contributed by atoms with E-state index in [1.807, 2.05) is 18.8 Å². The van der Waals surface area contributed by atoms with Crippen molar-refractivity contribution in [1.29, 1.82) is 0 Å². The number of anilines is 1. The first-order chi connectivity index (χ1) is 13.2. The van der Waals surface area contributed by atoms with Gasteiger partial charge in [-0.3, -0.25) is 4.99 Å². The molecule has 1 fully saturated rings. The molecule has 0 saturated carbocycles. The van der Waals surface area contributed by atoms with Crippen LogP contribution in [0.15, 0.2) is 70.6 Å². The first-order valence-corrected chi connectivity index (χ1v) is 10.6. The quantitative estimate of drug-likeness (QED) is 0.450. The van der Waals surface area contributed by atoms with Crippen molar-refractivity contribution in [2.75, 3.05) is 31.6 Å². The van der Waals surface area contributed by atoms with Gasteiger partial charge >= 0.3 is 0 Å². The summed E-state index contributed by atoms with van der Waals surface area (Å²) in [7, 11) is 1.85. The number of benzene rings is 2. The van der Waals surface area contributed by atoms with Crippen molar-refractivity contribution in [2.24, 2.45) is 4.99 Å². The molecule has 0 aliphatic carbocycles. The van der Waals surface area contributed by atoms with Gasteiger partial charge in [0, 0.05) is 48.6 Å². The number of piperidine rings is 1. The lowest BCUT2D eigenvalue weighted by Gasteiger charge is -2.34. The molecule has 144 valence electrons. The zero-order valence-corrected chi connectivity index (χ0v) is 17.1. The third-order valence-electron chi connectivity index (χ3n) is 4.82. The molecule has 1 aliphatic rings. The minimum Gasteiger partial charge on any atom is -0.371 e. The number of rotatable bonds is 6. The Labute approximate surface area is 167 Å². The van der Waals surface area contributed by atoms with Crippen molar-refractivity contribution in [1.82, 2.24) is 10.6 Å². The Kier molecular flexibility index (Phi) is 7.45. The highest BCUT2D eigenvalue weighted by molar-refractivity contribution is 8.00. The molecule has 1 saturated heterocycles. The second-order valence-electron chi connectivity index (χ2n) is 6.94. The SMILES string of the molecule is CN=C(NCC(C)Sc1ccccc1)NC1CCN(c2ccccc2)CC1. The zero-order chi connectivity index (χ0) is 18.9. The average molecular weight is 383 g/mol. The number of nitrogens with one attached hydrogen (secondary N) is 2. The van der Waals surface area contributed by atoms with Crippen molar-refractivity contribution in [3.63, 3.8) is 0 Å². The van der Waals surface area contributed by atoms with E-state index in [2.05, 4.69) is 88.1 Å². The van der Waals surface area contributed by atoms with E-state index in [1.54, 1.807) is 0 Å². The van der Waals surface area contributed by atoms with Gasteiger partial charge in [0.25, 0.3) is 0 Å². The second kappa shape index (κ2) is 10.3. The summed E-state index contributed by atoms with van der Waals surface area (Å²) in [5, 5.41) is 7.56. The van der Waals surface area contributed by atoms with E-state index in [0.717, 1.165) is 38.4 Å². The molecule has 4 nitrogen and oxygen atoms in total. The second-order valence-corrected chi connectivity index (χ2v) is 8.45. The van der Waals surface area contributed by atoms with Gasteiger partial charge < -0.3 is 15.5 Å². The number of hydrogen-bond acceptors (Lipinski definition) is 3. The minimum absolute atomic E-state index is 0.478. The van der Waals surface area contributed by atoms with E-state index in [0.29, 0.717) is 11.3 Å². The number of hydrogen-bond donors (Lipinski definition) is 2. The van der Waals surface area contributed by atoms with Crippen LogP contribution < -0.4 is 15.5 Å². The van der Waals surface area contributed by atoms with Crippen molar-refractivity contribution < 1.29 is 0 Å². The Bertz CT molecular complexity index is 697. The zero-order valence-electron chi connectivity index (χ0n) is 16.3. The Morgan fingerprint density at radius 3 is 2.33 bits per heavy atom. The molecule has 0 spiro atoms. The molecule has 1 heterocycles. The molecule has 2 aromatic carbocycles. The van der Waals surface area contributed by atoms with Crippen LogP contribution in [0.25, 0.3) is 0 Å². The molecule has 1 aliphatic heterocycles. The first-order valence-electron chi connectivity index (χ1n) is 9.73. The summed E-state index contributed by atoms with van der Waals surface area (Å²) >= 11 is 1.89. The predicted octanol–water partition coefficient (Wildman–Crippen LogP) is 4.00. The Morgan fingerprint density at radius 2 is 1.70 bits per heavy atom. The smallest absolute Gasteiger partial charge is 0.191 e. The van der Waals surface area contributed by atoms with E-state index in [-0.39, 0.29) is 0 Å². The monoisotopic (exact) mass is 382 g/mol. The third kappa shape index (κ3) is 6.21. The van der Waals surface area contributed by atoms with Gasteiger partial charge in [-0.2, -0.15) is 0 Å². The number of aliphatic imine (C=N–C) groups is 1. The Hall–Kier alpha value is -2.14. The van der Waals surface area contributed by atoms with Crippen LogP contribution in [0, 0.1) is 0 Å². The Balaban J connectivity index is 1.40. The van der Waals surface area contributed by atoms with E-state index >= 15 is 0 Å². The molecular weight excluding hydrogens is 352 g/mol. The fourth-order valence-electron chi connectivity index (χ4n) is 3.32. The summed E-state index contributed by atoms with van der Waals surface area (Å²) in [5.74, 6) is 0.911. The lowest BCUT2D eigenvalue weighted by atomic mass is 10.0. The molecule has 2 N–H and O–H groups in total. The topological polar surface area (TPSA) is 39.7 Å². The van der Waals surface area contributed by atoms with Gasteiger partial charge in [0.05, 0.1) is 0 Å². The van der Waals surface area contributed by atoms with Gasteiger partial charge in [0.15, 0.2) is 5.96 Å². The number of para-hydroxylation sites is 1. The van der Waals surface area contributed by atoms with Crippen LogP contribution in [0.1, 0.15) is 19.8 Å². The molecule has 1 unspecified atom stereocenters. The third-order valence-corrected chi connectivity index (χ3v) is 5.93. The number of nitrogens with zero attached hydrogens (tertiary/aromatic N) is 2. The standard InChI is InChI=1S/C22H30N4S/c1-18(27-21-11-7-4-8-12-21)17-24-22(23-2)25-19-13-15-26(16-14-19)20-9-5-3-6-10-20/h3-12,18-19H,13-17H2,1-2H3,(H2,23,24,25). The normalized spacial score (nSPS) is 16.8. The van der Waals surface area contributed by atoms with Crippen LogP contribution in [0.2, 0.25) is 0 Å². The maximum absolute atomic E-state index is 4.41. The highest BCUT2D eigenvalue weighted by Crippen LogP contribution is 2.22. The molecule has 5 heteroatoms. The molecule has 3 rings (SSSR count). The van der Waals surface area contributed by atoms with Gasteiger partial charge in [-0.05, 0) is 37.1 Å². The average Bonchev–Trinajstić information content (AvgIpc) is 2.73. The molecule has 27 heavy (non-hydrogen) atoms. The minimum atomic E-state index is 0.478. The van der Waals surface area contributed by atoms with Crippen molar-refractivity contribution in [2.45, 2.75) is 36.0 Å². The maximum Gasteiger partial charge on any atom is 0.191 e. The van der Waals surface area contributed by atoms with E-state index in [4.69, 9.17) is 0 Å². The molecular formula is C22H30N4S. The van der Waals surface area contributed by atoms with Gasteiger partial charge in [-0.1, -0.05) is 43.3 Å². The molecule has 0 aromatic heterocycles. The van der Waals surface area contributed by atoms with Crippen LogP contribution >= 0.6 is 11.8 Å². The first kappa shape index (κ1) is 19.6. The molecule has 0 radical (unpaired) electrons. The number of thioether (sulfide) groups is 1. The lowest BCUT2D eigenvalue weighted by molar-refractivity contribution is 0.461. The fraction of sp³-hybridized carbons (Fsp3) is 0.409. The van der Waals surface area contributed by atoms with E-state index < -0.39 is 0 Å². The van der Waals surface area contributed by atoms with Gasteiger partial charge in [0.1, 0.15) is 0 Å². The van der Waals surface area contributed by atoms with Gasteiger partial charge in [0.2, 0.25) is 0 Å². The molecule has 0 amide bonds. The fourth-order valence-corrected chi connectivity index (χ4v) is 4.27. The highest BCUT2D eigenvalue weighted by Gasteiger charge is 2.20. The van der Waals surface area contributed by atoms with Crippen LogP contribution in [0.3, 0.4) is 0 Å². The largest absolute Gasteiger partial charge is 0.371 e. The van der Waals surface area contributed by atoms with E-state index in [9.17, 15) is 0 Å². The summed E-state index contributed by atoms with van der Waals surface area (Å²) in [6.45, 7) is 5.30. The summed E-state index contributed by atoms with van der Waals surface area (Å²) in [6, 6.07) is 21.7. The van der Waals surface area contributed by atoms with Gasteiger partial charge in [-0.25, -0.2) is 0 Å². The van der Waals surface area contributed by atoms with Crippen molar-refractivity contribution in [3.05, 3.63) is 60.7 Å². The van der Waals surface area contributed by atoms with Crippen molar-refractivity contribution in [3.8, 4) is 0 Å². The molecule has 2 aromatic rings. The van der Waals surface area contributed by atoms with Crippen molar-refractivity contribution >= 4 is 23.4 Å². The van der Waals surface area contributed by atoms with Crippen LogP contribution in [-0.4, -0.2) is 43.9 Å². The number of guanidine groups is 1. The van der Waals surface area contributed by atoms with E-state index in [1.165, 1.54) is 10.6 Å². The highest BCUT2D eigenvalue weighted by atomic mass is 32.2. The molecule has 1 atom stereocenters. The summed E-state index contributed by atoms with van der Waals surface area (Å²) < 4.78 is 0. The van der Waals surface area contributed by atoms with Crippen LogP contribution in [0.5, 0.6) is 0 Å². The summed E-state index contributed by atoms with van der Waals surface area (Å²) in [4.78, 5) is 8.18. The van der Waals surface area contributed by atoms with Gasteiger partial charge in [-0.15, -0.1) is 11.8 Å². The lowest BCUT2D eigenvalue weighted by Crippen LogP contribution is -2.49. The van der Waals surface area contributed by atoms with Crippen LogP contribution in [-0.2, 0) is 0 Å². The van der Waals surface area contributed by atoms with Crippen LogP contribution in [0.4, 0.5) is 5.69 Å². The Morgan fingerprint density at radius 1 is 1.07 bits per heavy atom. The predicted molar refractivity (Wildman–Crippen MR) is 118 cm³/mol. The maximum atomic E-state index is 4.41. The summed E-state index contributed by atoms with van der Waals surface area (Å²) in [6.07, 6.45) is 2.26.